The highest BCUT2D eigenvalue weighted by atomic mass is 32.2. The molecule has 1 aromatic carbocycles. The molecule has 7 nitrogen and oxygen atoms in total. The van der Waals surface area contributed by atoms with Crippen LogP contribution in [0.2, 0.25) is 0 Å². The van der Waals surface area contributed by atoms with Crippen molar-refractivity contribution in [2.24, 2.45) is 0 Å². The number of nitriles is 1. The van der Waals surface area contributed by atoms with Crippen LogP contribution in [0.1, 0.15) is 62.1 Å². The fourth-order valence-corrected chi connectivity index (χ4v) is 7.43. The number of thioether (sulfide) groups is 1. The first-order valence-corrected chi connectivity index (χ1v) is 15.3. The molecule has 0 bridgehead atoms. The molecule has 2 aliphatic heterocycles. The summed E-state index contributed by atoms with van der Waals surface area (Å²) in [5.74, 6) is 0.358. The average Bonchev–Trinajstić information content (AvgIpc) is 3.25. The van der Waals surface area contributed by atoms with Crippen LogP contribution in [-0.2, 0) is 11.3 Å². The molecule has 0 radical (unpaired) electrons. The van der Waals surface area contributed by atoms with Gasteiger partial charge in [0, 0.05) is 44.3 Å². The van der Waals surface area contributed by atoms with Crippen LogP contribution >= 0.6 is 24.0 Å². The van der Waals surface area contributed by atoms with Crippen LogP contribution in [0.15, 0.2) is 34.0 Å². The summed E-state index contributed by atoms with van der Waals surface area (Å²) in [5, 5.41) is 9.93. The molecule has 2 saturated heterocycles. The monoisotopic (exact) mass is 579 g/mol. The van der Waals surface area contributed by atoms with Crippen LogP contribution in [0.3, 0.4) is 0 Å². The molecular formula is C30H34FN5O2S2. The van der Waals surface area contributed by atoms with Gasteiger partial charge in [-0.2, -0.15) is 5.26 Å². The van der Waals surface area contributed by atoms with E-state index in [2.05, 4.69) is 11.0 Å². The van der Waals surface area contributed by atoms with Gasteiger partial charge in [-0.05, 0) is 50.0 Å². The molecule has 10 heteroatoms. The van der Waals surface area contributed by atoms with Crippen LogP contribution in [0.25, 0.3) is 6.08 Å². The Morgan fingerprint density at radius 2 is 1.77 bits per heavy atom. The molecule has 0 spiro atoms. The molecule has 3 heterocycles. The molecule has 0 atom stereocenters. The summed E-state index contributed by atoms with van der Waals surface area (Å²) in [6, 6.07) is 9.00. The van der Waals surface area contributed by atoms with Gasteiger partial charge in [0.25, 0.3) is 11.5 Å². The van der Waals surface area contributed by atoms with E-state index in [0.29, 0.717) is 71.0 Å². The first kappa shape index (κ1) is 28.4. The number of nitrogens with zero attached hydrogens (tertiary/aromatic N) is 5. The highest BCUT2D eigenvalue weighted by Gasteiger charge is 2.38. The van der Waals surface area contributed by atoms with Gasteiger partial charge >= 0.3 is 0 Å². The smallest absolute Gasteiger partial charge is 0.270 e. The lowest BCUT2D eigenvalue weighted by molar-refractivity contribution is -0.124. The molecule has 40 heavy (non-hydrogen) atoms. The average molecular weight is 580 g/mol. The minimum atomic E-state index is -0.319. The molecule has 0 unspecified atom stereocenters. The van der Waals surface area contributed by atoms with Crippen LogP contribution in [0.5, 0.6) is 0 Å². The fraction of sp³-hybridized carbons (Fsp3) is 0.467. The number of anilines is 2. The summed E-state index contributed by atoms with van der Waals surface area (Å²) in [5.41, 5.74) is 1.61. The van der Waals surface area contributed by atoms with Crippen molar-refractivity contribution in [3.8, 4) is 6.07 Å². The van der Waals surface area contributed by atoms with E-state index in [9.17, 15) is 19.2 Å². The maximum atomic E-state index is 14.5. The van der Waals surface area contributed by atoms with E-state index in [4.69, 9.17) is 12.2 Å². The number of rotatable bonds is 6. The normalized spacial score (nSPS) is 19.6. The Labute approximate surface area is 244 Å². The zero-order chi connectivity index (χ0) is 28.4. The lowest BCUT2D eigenvalue weighted by atomic mass is 9.94. The highest BCUT2D eigenvalue weighted by molar-refractivity contribution is 8.26. The first-order valence-electron chi connectivity index (χ1n) is 14.0. The standard InChI is InChI=1S/C30H34FN5O2S2/c1-3-13-35-27(34-16-14-33(15-17-34)25-12-8-7-11-24(25)31)22(20(2)23(19-32)28(35)37)18-26-29(38)36(30(39)40-26)21-9-5-4-6-10-21/h7-8,11-12,18,21H,3-6,9-10,13-17H2,1-2H3. The number of carbonyl (C=O) groups excluding carboxylic acids is 1. The van der Waals surface area contributed by atoms with Crippen molar-refractivity contribution in [3.63, 3.8) is 0 Å². The quantitative estimate of drug-likeness (QED) is 0.334. The lowest BCUT2D eigenvalue weighted by Gasteiger charge is -2.39. The summed E-state index contributed by atoms with van der Waals surface area (Å²) in [4.78, 5) is 33.6. The van der Waals surface area contributed by atoms with E-state index in [1.807, 2.05) is 24.0 Å². The number of halogens is 1. The second-order valence-electron chi connectivity index (χ2n) is 10.6. The molecule has 1 aliphatic carbocycles. The number of thiocarbonyl (C=S) groups is 1. The second kappa shape index (κ2) is 12.1. The van der Waals surface area contributed by atoms with Gasteiger partial charge < -0.3 is 9.80 Å². The number of aromatic nitrogens is 1. The minimum absolute atomic E-state index is 0.0937. The highest BCUT2D eigenvalue weighted by Crippen LogP contribution is 2.39. The predicted molar refractivity (Wildman–Crippen MR) is 163 cm³/mol. The van der Waals surface area contributed by atoms with Crippen molar-refractivity contribution in [2.75, 3.05) is 36.0 Å². The zero-order valence-electron chi connectivity index (χ0n) is 23.0. The fourth-order valence-electron chi connectivity index (χ4n) is 6.05. The van der Waals surface area contributed by atoms with Gasteiger partial charge in [-0.1, -0.05) is 62.3 Å². The summed E-state index contributed by atoms with van der Waals surface area (Å²) in [7, 11) is 0. The number of hydrogen-bond donors (Lipinski definition) is 0. The molecule has 5 rings (SSSR count). The van der Waals surface area contributed by atoms with Crippen LogP contribution in [-0.4, -0.2) is 51.9 Å². The number of para-hydroxylation sites is 1. The zero-order valence-corrected chi connectivity index (χ0v) is 24.6. The third kappa shape index (κ3) is 5.29. The number of piperazine rings is 1. The molecule has 1 saturated carbocycles. The van der Waals surface area contributed by atoms with E-state index >= 15 is 0 Å². The van der Waals surface area contributed by atoms with Crippen LogP contribution in [0.4, 0.5) is 15.9 Å². The van der Waals surface area contributed by atoms with Crippen molar-refractivity contribution in [3.05, 3.63) is 62.0 Å². The number of pyridine rings is 1. The topological polar surface area (TPSA) is 72.6 Å². The third-order valence-electron chi connectivity index (χ3n) is 8.10. The summed E-state index contributed by atoms with van der Waals surface area (Å²) >= 11 is 6.96. The van der Waals surface area contributed by atoms with Crippen LogP contribution in [0, 0.1) is 24.1 Å². The molecular weight excluding hydrogens is 545 g/mol. The van der Waals surface area contributed by atoms with Gasteiger partial charge in [0.2, 0.25) is 0 Å². The lowest BCUT2D eigenvalue weighted by Crippen LogP contribution is -2.49. The Kier molecular flexibility index (Phi) is 8.62. The van der Waals surface area contributed by atoms with Crippen LogP contribution < -0.4 is 15.4 Å². The van der Waals surface area contributed by atoms with Crippen molar-refractivity contribution in [1.29, 1.82) is 5.26 Å². The molecule has 3 fully saturated rings. The van der Waals surface area contributed by atoms with Gasteiger partial charge in [-0.15, -0.1) is 0 Å². The first-order chi connectivity index (χ1) is 19.3. The van der Waals surface area contributed by atoms with E-state index in [1.165, 1.54) is 24.2 Å². The molecule has 1 amide bonds. The Hall–Kier alpha value is -3.16. The number of amides is 1. The van der Waals surface area contributed by atoms with Gasteiger partial charge in [-0.25, -0.2) is 4.39 Å². The molecule has 0 N–H and O–H groups in total. The molecule has 3 aliphatic rings. The summed E-state index contributed by atoms with van der Waals surface area (Å²) in [6.07, 6.45) is 7.82. The Bertz CT molecular complexity index is 1450. The van der Waals surface area contributed by atoms with Crippen molar-refractivity contribution in [2.45, 2.75) is 65.0 Å². The van der Waals surface area contributed by atoms with Gasteiger partial charge in [0.1, 0.15) is 27.6 Å². The maximum Gasteiger partial charge on any atom is 0.270 e. The molecule has 2 aromatic rings. The summed E-state index contributed by atoms with van der Waals surface area (Å²) < 4.78 is 16.7. The number of benzene rings is 1. The van der Waals surface area contributed by atoms with E-state index < -0.39 is 0 Å². The van der Waals surface area contributed by atoms with Gasteiger partial charge in [0.15, 0.2) is 0 Å². The van der Waals surface area contributed by atoms with E-state index in [1.54, 1.807) is 28.5 Å². The van der Waals surface area contributed by atoms with Crippen molar-refractivity contribution < 1.29 is 9.18 Å². The number of hydrogen-bond acceptors (Lipinski definition) is 7. The minimum Gasteiger partial charge on any atom is -0.366 e. The van der Waals surface area contributed by atoms with E-state index in [-0.39, 0.29) is 28.9 Å². The maximum absolute atomic E-state index is 14.5. The largest absolute Gasteiger partial charge is 0.366 e. The molecule has 1 aromatic heterocycles. The Balaban J connectivity index is 1.55. The van der Waals surface area contributed by atoms with Crippen molar-refractivity contribution >= 4 is 51.8 Å². The van der Waals surface area contributed by atoms with E-state index in [0.717, 1.165) is 25.7 Å². The number of carbonyl (C=O) groups is 1. The SMILES string of the molecule is CCCn1c(N2CCN(c3ccccc3F)CC2)c(C=C2SC(=S)N(C3CCCCC3)C2=O)c(C)c(C#N)c1=O. The van der Waals surface area contributed by atoms with Gasteiger partial charge in [0.05, 0.1) is 10.6 Å². The Morgan fingerprint density at radius 3 is 2.42 bits per heavy atom. The van der Waals surface area contributed by atoms with Crippen molar-refractivity contribution in [1.82, 2.24) is 9.47 Å². The Morgan fingerprint density at radius 1 is 1.10 bits per heavy atom. The predicted octanol–water partition coefficient (Wildman–Crippen LogP) is 5.44. The van der Waals surface area contributed by atoms with Gasteiger partial charge in [-0.3, -0.25) is 19.1 Å². The molecule has 210 valence electrons. The second-order valence-corrected chi connectivity index (χ2v) is 12.3. The third-order valence-corrected chi connectivity index (χ3v) is 9.44. The summed E-state index contributed by atoms with van der Waals surface area (Å²) in [6.45, 7) is 6.49.